The molecule has 1 aromatic heterocycles. The van der Waals surface area contributed by atoms with Gasteiger partial charge in [0.15, 0.2) is 0 Å². The molecule has 0 bridgehead atoms. The normalized spacial score (nSPS) is 21.6. The fraction of sp³-hybridized carbons (Fsp3) is 0.412. The zero-order valence-corrected chi connectivity index (χ0v) is 12.1. The number of nitrogens with two attached hydrogens (primary N) is 1. The Bertz CT molecular complexity index is 635. The molecule has 110 valence electrons. The van der Waals surface area contributed by atoms with Gasteiger partial charge in [-0.2, -0.15) is 0 Å². The van der Waals surface area contributed by atoms with E-state index in [-0.39, 0.29) is 11.9 Å². The van der Waals surface area contributed by atoms with Crippen LogP contribution in [0.4, 0.5) is 0 Å². The molecule has 3 rings (SSSR count). The predicted molar refractivity (Wildman–Crippen MR) is 83.5 cm³/mol. The second kappa shape index (κ2) is 6.22. The minimum absolute atomic E-state index is 0.0760. The lowest BCUT2D eigenvalue weighted by molar-refractivity contribution is -0.122. The summed E-state index contributed by atoms with van der Waals surface area (Å²) in [6.07, 6.45) is 5.58. The molecule has 4 heteroatoms. The summed E-state index contributed by atoms with van der Waals surface area (Å²) in [5, 5.41) is 5.22. The summed E-state index contributed by atoms with van der Waals surface area (Å²) in [5.41, 5.74) is 6.93. The summed E-state index contributed by atoms with van der Waals surface area (Å²) in [4.78, 5) is 16.4. The summed E-state index contributed by atoms with van der Waals surface area (Å²) in [6.45, 7) is 0.474. The Kier molecular flexibility index (Phi) is 4.15. The number of fused-ring (bicyclic) bond motifs is 1. The summed E-state index contributed by atoms with van der Waals surface area (Å²) < 4.78 is 0. The highest BCUT2D eigenvalue weighted by atomic mass is 16.1. The van der Waals surface area contributed by atoms with E-state index >= 15 is 0 Å². The average molecular weight is 283 g/mol. The molecule has 0 saturated heterocycles. The van der Waals surface area contributed by atoms with E-state index in [1.54, 1.807) is 6.20 Å². The van der Waals surface area contributed by atoms with Crippen molar-refractivity contribution in [1.82, 2.24) is 10.3 Å². The fourth-order valence-corrected chi connectivity index (χ4v) is 3.13. The van der Waals surface area contributed by atoms with Gasteiger partial charge in [-0.3, -0.25) is 9.78 Å². The van der Waals surface area contributed by atoms with Crippen LogP contribution in [0.2, 0.25) is 0 Å². The highest BCUT2D eigenvalue weighted by molar-refractivity contribution is 5.84. The highest BCUT2D eigenvalue weighted by Crippen LogP contribution is 2.26. The second-order valence-corrected chi connectivity index (χ2v) is 5.81. The summed E-state index contributed by atoms with van der Waals surface area (Å²) in [5.74, 6) is 0.414. The number of hydrogen-bond acceptors (Lipinski definition) is 3. The van der Waals surface area contributed by atoms with Crippen LogP contribution in [0.5, 0.6) is 0 Å². The first-order valence-electron chi connectivity index (χ1n) is 7.59. The SMILES string of the molecule is N[C@@H]1CCC[C@H]1CC(=O)NCc1nccc2ccccc12. The van der Waals surface area contributed by atoms with Crippen LogP contribution < -0.4 is 11.1 Å². The van der Waals surface area contributed by atoms with Crippen molar-refractivity contribution in [1.29, 1.82) is 0 Å². The minimum atomic E-state index is 0.0760. The Morgan fingerprint density at radius 3 is 2.95 bits per heavy atom. The van der Waals surface area contributed by atoms with Crippen LogP contribution in [0.1, 0.15) is 31.4 Å². The van der Waals surface area contributed by atoms with Crippen molar-refractivity contribution < 1.29 is 4.79 Å². The topological polar surface area (TPSA) is 68.0 Å². The van der Waals surface area contributed by atoms with Crippen molar-refractivity contribution in [2.75, 3.05) is 0 Å². The van der Waals surface area contributed by atoms with Crippen molar-refractivity contribution in [3.8, 4) is 0 Å². The van der Waals surface area contributed by atoms with Crippen LogP contribution in [0.25, 0.3) is 10.8 Å². The second-order valence-electron chi connectivity index (χ2n) is 5.81. The Balaban J connectivity index is 1.62. The van der Waals surface area contributed by atoms with Gasteiger partial charge in [0.1, 0.15) is 0 Å². The third-order valence-corrected chi connectivity index (χ3v) is 4.37. The maximum atomic E-state index is 12.1. The van der Waals surface area contributed by atoms with E-state index < -0.39 is 0 Å². The number of benzene rings is 1. The quantitative estimate of drug-likeness (QED) is 0.905. The maximum Gasteiger partial charge on any atom is 0.220 e. The zero-order chi connectivity index (χ0) is 14.7. The molecule has 0 aliphatic heterocycles. The van der Waals surface area contributed by atoms with E-state index in [4.69, 9.17) is 5.73 Å². The lowest BCUT2D eigenvalue weighted by Gasteiger charge is -2.15. The molecule has 0 radical (unpaired) electrons. The molecule has 2 aromatic rings. The standard InChI is InChI=1S/C17H21N3O/c18-15-7-3-5-13(15)10-17(21)20-11-16-14-6-2-1-4-12(14)8-9-19-16/h1-2,4,6,8-9,13,15H,3,5,7,10-11,18H2,(H,20,21)/t13-,15+/m0/s1. The summed E-state index contributed by atoms with van der Waals surface area (Å²) in [7, 11) is 0. The molecule has 0 spiro atoms. The lowest BCUT2D eigenvalue weighted by Crippen LogP contribution is -2.31. The molecule has 1 aliphatic carbocycles. The molecule has 2 atom stereocenters. The largest absolute Gasteiger partial charge is 0.350 e. The van der Waals surface area contributed by atoms with E-state index in [9.17, 15) is 4.79 Å². The van der Waals surface area contributed by atoms with Crippen molar-refractivity contribution in [2.24, 2.45) is 11.7 Å². The number of carbonyl (C=O) groups is 1. The van der Waals surface area contributed by atoms with Crippen LogP contribution in [-0.2, 0) is 11.3 Å². The fourth-order valence-electron chi connectivity index (χ4n) is 3.13. The molecular formula is C17H21N3O. The van der Waals surface area contributed by atoms with Gasteiger partial charge < -0.3 is 11.1 Å². The van der Waals surface area contributed by atoms with Gasteiger partial charge in [-0.1, -0.05) is 30.7 Å². The number of aromatic nitrogens is 1. The maximum absolute atomic E-state index is 12.1. The van der Waals surface area contributed by atoms with E-state index in [1.165, 1.54) is 0 Å². The van der Waals surface area contributed by atoms with Crippen LogP contribution in [-0.4, -0.2) is 16.9 Å². The molecule has 4 nitrogen and oxygen atoms in total. The van der Waals surface area contributed by atoms with Gasteiger partial charge in [-0.15, -0.1) is 0 Å². The van der Waals surface area contributed by atoms with Gasteiger partial charge in [0.2, 0.25) is 5.91 Å². The molecule has 1 aliphatic rings. The smallest absolute Gasteiger partial charge is 0.220 e. The average Bonchev–Trinajstić information content (AvgIpc) is 2.90. The number of nitrogens with zero attached hydrogens (tertiary/aromatic N) is 1. The summed E-state index contributed by atoms with van der Waals surface area (Å²) in [6, 6.07) is 10.3. The summed E-state index contributed by atoms with van der Waals surface area (Å²) >= 11 is 0. The van der Waals surface area contributed by atoms with Crippen molar-refractivity contribution in [3.05, 3.63) is 42.2 Å². The van der Waals surface area contributed by atoms with Crippen LogP contribution >= 0.6 is 0 Å². The van der Waals surface area contributed by atoms with Crippen molar-refractivity contribution in [3.63, 3.8) is 0 Å². The first-order valence-corrected chi connectivity index (χ1v) is 7.59. The molecule has 1 amide bonds. The third kappa shape index (κ3) is 3.22. The van der Waals surface area contributed by atoms with Crippen molar-refractivity contribution >= 4 is 16.7 Å². The molecule has 1 aromatic carbocycles. The lowest BCUT2D eigenvalue weighted by atomic mass is 10.00. The van der Waals surface area contributed by atoms with Gasteiger partial charge in [-0.05, 0) is 30.2 Å². The molecule has 21 heavy (non-hydrogen) atoms. The Morgan fingerprint density at radius 2 is 2.14 bits per heavy atom. The number of nitrogens with one attached hydrogen (secondary N) is 1. The van der Waals surface area contributed by atoms with Gasteiger partial charge in [0.05, 0.1) is 12.2 Å². The third-order valence-electron chi connectivity index (χ3n) is 4.37. The molecular weight excluding hydrogens is 262 g/mol. The Hall–Kier alpha value is -1.94. The molecule has 0 unspecified atom stereocenters. The number of pyridine rings is 1. The number of carbonyl (C=O) groups excluding carboxylic acids is 1. The van der Waals surface area contributed by atoms with E-state index in [1.807, 2.05) is 24.3 Å². The predicted octanol–water partition coefficient (Wildman–Crippen LogP) is 2.37. The number of amides is 1. The van der Waals surface area contributed by atoms with E-state index in [2.05, 4.69) is 16.4 Å². The zero-order valence-electron chi connectivity index (χ0n) is 12.1. The molecule has 3 N–H and O–H groups in total. The van der Waals surface area contributed by atoms with Crippen LogP contribution in [0.3, 0.4) is 0 Å². The van der Waals surface area contributed by atoms with Gasteiger partial charge in [0, 0.05) is 24.0 Å². The van der Waals surface area contributed by atoms with Gasteiger partial charge in [-0.25, -0.2) is 0 Å². The first-order chi connectivity index (χ1) is 10.2. The molecule has 1 fully saturated rings. The van der Waals surface area contributed by atoms with E-state index in [0.29, 0.717) is 18.9 Å². The van der Waals surface area contributed by atoms with Crippen LogP contribution in [0.15, 0.2) is 36.5 Å². The van der Waals surface area contributed by atoms with Crippen molar-refractivity contribution in [2.45, 2.75) is 38.3 Å². The number of hydrogen-bond donors (Lipinski definition) is 2. The molecule has 1 saturated carbocycles. The first kappa shape index (κ1) is 14.0. The Morgan fingerprint density at radius 1 is 1.29 bits per heavy atom. The Labute approximate surface area is 124 Å². The molecule has 1 heterocycles. The minimum Gasteiger partial charge on any atom is -0.350 e. The monoisotopic (exact) mass is 283 g/mol. The van der Waals surface area contributed by atoms with Gasteiger partial charge in [0.25, 0.3) is 0 Å². The van der Waals surface area contributed by atoms with Crippen LogP contribution in [0, 0.1) is 5.92 Å². The highest BCUT2D eigenvalue weighted by Gasteiger charge is 2.25. The van der Waals surface area contributed by atoms with Gasteiger partial charge >= 0.3 is 0 Å². The van der Waals surface area contributed by atoms with E-state index in [0.717, 1.165) is 35.7 Å². The number of rotatable bonds is 4.